The molecular weight excluding hydrogens is 385 g/mol. The van der Waals surface area contributed by atoms with E-state index in [1.807, 2.05) is 0 Å². The molecule has 0 spiro atoms. The summed E-state index contributed by atoms with van der Waals surface area (Å²) < 4.78 is 9.26. The van der Waals surface area contributed by atoms with Gasteiger partial charge in [0.25, 0.3) is 5.56 Å². The number of esters is 2. The fourth-order valence-electron chi connectivity index (χ4n) is 2.53. The second-order valence-electron chi connectivity index (χ2n) is 5.28. The van der Waals surface area contributed by atoms with E-state index in [2.05, 4.69) is 14.5 Å². The summed E-state index contributed by atoms with van der Waals surface area (Å²) in [5.74, 6) is -3.05. The van der Waals surface area contributed by atoms with Crippen LogP contribution in [-0.4, -0.2) is 36.2 Å². The predicted octanol–water partition coefficient (Wildman–Crippen LogP) is 2.87. The number of aromatic hydroxyl groups is 1. The minimum Gasteiger partial charge on any atom is -0.506 e. The summed E-state index contributed by atoms with van der Waals surface area (Å²) in [5.41, 5.74) is -0.774. The number of rotatable bonds is 5. The van der Waals surface area contributed by atoms with E-state index in [1.165, 1.54) is 25.3 Å². The van der Waals surface area contributed by atoms with Gasteiger partial charge in [-0.2, -0.15) is 0 Å². The minimum absolute atomic E-state index is 0.189. The number of hydrogen-bond donors (Lipinski definition) is 2. The third-order valence-corrected chi connectivity index (χ3v) is 4.36. The van der Waals surface area contributed by atoms with Gasteiger partial charge in [-0.15, -0.1) is 0 Å². The Morgan fingerprint density at radius 2 is 1.92 bits per heavy atom. The number of H-pyrrole nitrogens is 1. The van der Waals surface area contributed by atoms with Crippen LogP contribution >= 0.6 is 23.2 Å². The van der Waals surface area contributed by atoms with Gasteiger partial charge in [-0.25, -0.2) is 4.79 Å². The summed E-state index contributed by atoms with van der Waals surface area (Å²) in [4.78, 5) is 38.4. The lowest BCUT2D eigenvalue weighted by molar-refractivity contribution is -0.140. The zero-order valence-corrected chi connectivity index (χ0v) is 15.4. The quantitative estimate of drug-likeness (QED) is 0.748. The van der Waals surface area contributed by atoms with Crippen LogP contribution in [0.1, 0.15) is 33.8 Å². The van der Waals surface area contributed by atoms with Crippen molar-refractivity contribution < 1.29 is 24.2 Å². The zero-order valence-electron chi connectivity index (χ0n) is 13.8. The standard InChI is InChI=1S/C17H15Cl2NO6/c1-25-13(21)6-10(9-4-3-8(18)5-12(9)19)14-15(22)11(17(24)26-2)7-20-16(14)23/h3-5,7,10H,6H2,1-2H3,(H2,20,22,23)/t10-/m1/s1. The number of halogens is 2. The Hall–Kier alpha value is -2.51. The highest BCUT2D eigenvalue weighted by atomic mass is 35.5. The lowest BCUT2D eigenvalue weighted by Crippen LogP contribution is -2.22. The van der Waals surface area contributed by atoms with Gasteiger partial charge in [0.15, 0.2) is 0 Å². The van der Waals surface area contributed by atoms with E-state index in [0.29, 0.717) is 10.6 Å². The largest absolute Gasteiger partial charge is 0.506 e. The van der Waals surface area contributed by atoms with Crippen LogP contribution in [0.3, 0.4) is 0 Å². The molecule has 0 saturated carbocycles. The summed E-state index contributed by atoms with van der Waals surface area (Å²) in [6.45, 7) is 0. The molecule has 1 aromatic carbocycles. The van der Waals surface area contributed by atoms with Gasteiger partial charge in [-0.3, -0.25) is 9.59 Å². The van der Waals surface area contributed by atoms with Gasteiger partial charge in [0.05, 0.1) is 26.2 Å². The molecule has 0 saturated heterocycles. The number of methoxy groups -OCH3 is 2. The topological polar surface area (TPSA) is 106 Å². The molecule has 7 nitrogen and oxygen atoms in total. The Morgan fingerprint density at radius 3 is 2.50 bits per heavy atom. The van der Waals surface area contributed by atoms with E-state index >= 15 is 0 Å². The van der Waals surface area contributed by atoms with Crippen LogP contribution in [-0.2, 0) is 14.3 Å². The zero-order chi connectivity index (χ0) is 19.4. The number of aromatic nitrogens is 1. The Balaban J connectivity index is 2.72. The van der Waals surface area contributed by atoms with Gasteiger partial charge in [-0.1, -0.05) is 29.3 Å². The molecule has 2 N–H and O–H groups in total. The third kappa shape index (κ3) is 4.00. The lowest BCUT2D eigenvalue weighted by Gasteiger charge is -2.19. The molecule has 0 bridgehead atoms. The molecule has 0 radical (unpaired) electrons. The molecule has 138 valence electrons. The highest BCUT2D eigenvalue weighted by Gasteiger charge is 2.29. The van der Waals surface area contributed by atoms with Gasteiger partial charge < -0.3 is 19.6 Å². The summed E-state index contributed by atoms with van der Waals surface area (Å²) >= 11 is 12.1. The number of carbonyl (C=O) groups is 2. The van der Waals surface area contributed by atoms with Gasteiger partial charge in [0.1, 0.15) is 11.3 Å². The average Bonchev–Trinajstić information content (AvgIpc) is 2.60. The molecule has 0 aliphatic heterocycles. The van der Waals surface area contributed by atoms with Crippen molar-refractivity contribution in [2.24, 2.45) is 0 Å². The summed E-state index contributed by atoms with van der Waals surface area (Å²) in [7, 11) is 2.33. The fraction of sp³-hybridized carbons (Fsp3) is 0.235. The molecule has 2 aromatic rings. The van der Waals surface area contributed by atoms with E-state index in [1.54, 1.807) is 0 Å². The maximum Gasteiger partial charge on any atom is 0.343 e. The fourth-order valence-corrected chi connectivity index (χ4v) is 3.07. The highest BCUT2D eigenvalue weighted by molar-refractivity contribution is 6.35. The first-order chi connectivity index (χ1) is 12.3. The van der Waals surface area contributed by atoms with E-state index < -0.39 is 29.2 Å². The molecule has 0 aliphatic carbocycles. The molecule has 0 unspecified atom stereocenters. The Bertz CT molecular complexity index is 909. The monoisotopic (exact) mass is 399 g/mol. The lowest BCUT2D eigenvalue weighted by atomic mass is 9.87. The predicted molar refractivity (Wildman–Crippen MR) is 95.0 cm³/mol. The molecule has 26 heavy (non-hydrogen) atoms. The van der Waals surface area contributed by atoms with Crippen molar-refractivity contribution >= 4 is 35.1 Å². The van der Waals surface area contributed by atoms with Crippen LogP contribution < -0.4 is 5.56 Å². The van der Waals surface area contributed by atoms with Crippen molar-refractivity contribution in [1.82, 2.24) is 4.98 Å². The van der Waals surface area contributed by atoms with E-state index in [-0.39, 0.29) is 22.6 Å². The highest BCUT2D eigenvalue weighted by Crippen LogP contribution is 2.37. The smallest absolute Gasteiger partial charge is 0.343 e. The van der Waals surface area contributed by atoms with Crippen molar-refractivity contribution in [2.45, 2.75) is 12.3 Å². The van der Waals surface area contributed by atoms with Crippen LogP contribution in [0.5, 0.6) is 5.75 Å². The van der Waals surface area contributed by atoms with Crippen molar-refractivity contribution in [3.05, 3.63) is 61.5 Å². The Morgan fingerprint density at radius 1 is 1.23 bits per heavy atom. The number of benzene rings is 1. The normalized spacial score (nSPS) is 11.7. The molecule has 9 heteroatoms. The van der Waals surface area contributed by atoms with Crippen LogP contribution in [0.4, 0.5) is 0 Å². The molecule has 1 atom stereocenters. The van der Waals surface area contributed by atoms with Crippen molar-refractivity contribution in [2.75, 3.05) is 14.2 Å². The molecule has 0 amide bonds. The van der Waals surface area contributed by atoms with E-state index in [0.717, 1.165) is 13.3 Å². The molecule has 1 heterocycles. The number of carbonyl (C=O) groups excluding carboxylic acids is 2. The number of hydrogen-bond acceptors (Lipinski definition) is 6. The molecular formula is C17H15Cl2NO6. The second-order valence-corrected chi connectivity index (χ2v) is 6.13. The first kappa shape index (κ1) is 19.8. The third-order valence-electron chi connectivity index (χ3n) is 3.79. The van der Waals surface area contributed by atoms with Gasteiger partial charge in [-0.05, 0) is 17.7 Å². The number of aromatic amines is 1. The first-order valence-electron chi connectivity index (χ1n) is 7.34. The van der Waals surface area contributed by atoms with E-state index in [9.17, 15) is 19.5 Å². The molecule has 1 aromatic heterocycles. The van der Waals surface area contributed by atoms with Crippen LogP contribution in [0.2, 0.25) is 10.0 Å². The Kier molecular flexibility index (Phi) is 6.28. The van der Waals surface area contributed by atoms with Gasteiger partial charge >= 0.3 is 11.9 Å². The molecule has 0 fully saturated rings. The number of pyridine rings is 1. The van der Waals surface area contributed by atoms with Gasteiger partial charge in [0, 0.05) is 22.2 Å². The van der Waals surface area contributed by atoms with Crippen LogP contribution in [0.25, 0.3) is 0 Å². The second kappa shape index (κ2) is 8.25. The van der Waals surface area contributed by atoms with Crippen LogP contribution in [0.15, 0.2) is 29.2 Å². The maximum absolute atomic E-state index is 12.4. The number of ether oxygens (including phenoxy) is 2. The molecule has 0 aliphatic rings. The van der Waals surface area contributed by atoms with Crippen molar-refractivity contribution in [1.29, 1.82) is 0 Å². The molecule has 2 rings (SSSR count). The van der Waals surface area contributed by atoms with Crippen LogP contribution in [0, 0.1) is 0 Å². The van der Waals surface area contributed by atoms with E-state index in [4.69, 9.17) is 23.2 Å². The summed E-state index contributed by atoms with van der Waals surface area (Å²) in [6.07, 6.45) is 0.741. The first-order valence-corrected chi connectivity index (χ1v) is 8.10. The number of nitrogens with one attached hydrogen (secondary N) is 1. The Labute approximate surface area is 158 Å². The summed E-state index contributed by atoms with van der Waals surface area (Å²) in [5, 5.41) is 11.0. The van der Waals surface area contributed by atoms with Crippen molar-refractivity contribution in [3.63, 3.8) is 0 Å². The summed E-state index contributed by atoms with van der Waals surface area (Å²) in [6, 6.07) is 4.50. The SMILES string of the molecule is COC(=O)C[C@H](c1ccc(Cl)cc1Cl)c1c(O)c(C(=O)OC)c[nH]c1=O. The van der Waals surface area contributed by atoms with Gasteiger partial charge in [0.2, 0.25) is 0 Å². The van der Waals surface area contributed by atoms with Crippen molar-refractivity contribution in [3.8, 4) is 5.75 Å². The minimum atomic E-state index is -0.972. The maximum atomic E-state index is 12.4. The average molecular weight is 400 g/mol.